The quantitative estimate of drug-likeness (QED) is 0.798. The number of carboxylic acid groups (broad SMARTS) is 1. The van der Waals surface area contributed by atoms with Crippen LogP contribution in [-0.4, -0.2) is 54.5 Å². The van der Waals surface area contributed by atoms with Crippen molar-refractivity contribution < 1.29 is 37.3 Å². The number of amides is 1. The lowest BCUT2D eigenvalue weighted by Crippen LogP contribution is -2.46. The van der Waals surface area contributed by atoms with Gasteiger partial charge >= 0.3 is 12.1 Å². The number of hydrogen-bond acceptors (Lipinski definition) is 5. The van der Waals surface area contributed by atoms with E-state index in [2.05, 4.69) is 15.0 Å². The van der Waals surface area contributed by atoms with Crippen LogP contribution in [0.1, 0.15) is 23.2 Å². The van der Waals surface area contributed by atoms with Gasteiger partial charge in [0, 0.05) is 32.0 Å². The minimum Gasteiger partial charge on any atom is -0.481 e. The minimum atomic E-state index is -4.48. The summed E-state index contributed by atoms with van der Waals surface area (Å²) in [7, 11) is 0. The number of nitrogens with zero attached hydrogens (tertiary/aromatic N) is 1. The van der Waals surface area contributed by atoms with Crippen LogP contribution in [0.5, 0.6) is 5.88 Å². The summed E-state index contributed by atoms with van der Waals surface area (Å²) in [6, 6.07) is 2.40. The molecule has 1 aromatic rings. The summed E-state index contributed by atoms with van der Waals surface area (Å²) >= 11 is 0. The average molecular weight is 362 g/mol. The van der Waals surface area contributed by atoms with Gasteiger partial charge in [0.25, 0.3) is 5.91 Å². The number of hydrogen-bond donors (Lipinski definition) is 2. The van der Waals surface area contributed by atoms with Crippen molar-refractivity contribution in [3.63, 3.8) is 0 Å². The molecule has 0 saturated carbocycles. The van der Waals surface area contributed by atoms with Crippen LogP contribution in [0.4, 0.5) is 13.2 Å². The van der Waals surface area contributed by atoms with E-state index in [1.54, 1.807) is 0 Å². The van der Waals surface area contributed by atoms with Crippen molar-refractivity contribution in [2.24, 2.45) is 5.41 Å². The summed E-state index contributed by atoms with van der Waals surface area (Å²) in [6.07, 6.45) is -2.85. The maximum atomic E-state index is 12.1. The molecule has 0 aromatic carbocycles. The van der Waals surface area contributed by atoms with Crippen molar-refractivity contribution in [2.75, 3.05) is 26.4 Å². The number of pyridine rings is 1. The summed E-state index contributed by atoms with van der Waals surface area (Å²) in [6.45, 7) is -0.949. The summed E-state index contributed by atoms with van der Waals surface area (Å²) in [5.74, 6) is -1.84. The molecule has 1 aromatic heterocycles. The number of rotatable bonds is 6. The largest absolute Gasteiger partial charge is 0.481 e. The number of carboxylic acids is 1. The molecular formula is C15H17F3N2O5. The molecule has 0 spiro atoms. The zero-order valence-electron chi connectivity index (χ0n) is 13.1. The number of nitrogens with one attached hydrogen (secondary N) is 1. The Hall–Kier alpha value is -2.36. The predicted molar refractivity (Wildman–Crippen MR) is 78.2 cm³/mol. The second-order valence-corrected chi connectivity index (χ2v) is 5.67. The van der Waals surface area contributed by atoms with Gasteiger partial charge in [0.2, 0.25) is 5.88 Å². The first kappa shape index (κ1) is 19.0. The summed E-state index contributed by atoms with van der Waals surface area (Å²) in [5.41, 5.74) is -0.996. The van der Waals surface area contributed by atoms with E-state index >= 15 is 0 Å². The maximum Gasteiger partial charge on any atom is 0.422 e. The lowest BCUT2D eigenvalue weighted by atomic mass is 9.80. The fourth-order valence-electron chi connectivity index (χ4n) is 2.34. The number of aromatic nitrogens is 1. The highest BCUT2D eigenvalue weighted by Gasteiger charge is 2.40. The van der Waals surface area contributed by atoms with E-state index in [4.69, 9.17) is 4.74 Å². The Labute approximate surface area is 141 Å². The number of ether oxygens (including phenoxy) is 2. The Bertz CT molecular complexity index is 613. The predicted octanol–water partition coefficient (Wildman–Crippen LogP) is 1.63. The first-order valence-electron chi connectivity index (χ1n) is 7.47. The van der Waals surface area contributed by atoms with E-state index in [0.29, 0.717) is 13.2 Å². The highest BCUT2D eigenvalue weighted by molar-refractivity contribution is 5.94. The van der Waals surface area contributed by atoms with E-state index in [0.717, 1.165) is 12.3 Å². The van der Waals surface area contributed by atoms with E-state index < -0.39 is 30.1 Å². The zero-order chi connectivity index (χ0) is 18.5. The van der Waals surface area contributed by atoms with Crippen molar-refractivity contribution in [3.8, 4) is 5.88 Å². The van der Waals surface area contributed by atoms with Crippen LogP contribution in [0.3, 0.4) is 0 Å². The zero-order valence-corrected chi connectivity index (χ0v) is 13.1. The summed E-state index contributed by atoms with van der Waals surface area (Å²) < 4.78 is 45.8. The van der Waals surface area contributed by atoms with Crippen molar-refractivity contribution >= 4 is 11.9 Å². The lowest BCUT2D eigenvalue weighted by molar-refractivity contribution is -0.154. The molecular weight excluding hydrogens is 345 g/mol. The van der Waals surface area contributed by atoms with Crippen LogP contribution >= 0.6 is 0 Å². The molecule has 2 heterocycles. The molecule has 0 radical (unpaired) electrons. The molecule has 1 amide bonds. The molecule has 0 atom stereocenters. The number of alkyl halides is 3. The first-order valence-corrected chi connectivity index (χ1v) is 7.47. The van der Waals surface area contributed by atoms with Crippen molar-refractivity contribution in [1.82, 2.24) is 10.3 Å². The summed E-state index contributed by atoms with van der Waals surface area (Å²) in [4.78, 5) is 27.2. The Morgan fingerprint density at radius 2 is 2.00 bits per heavy atom. The van der Waals surface area contributed by atoms with E-state index in [1.165, 1.54) is 6.07 Å². The van der Waals surface area contributed by atoms with Gasteiger partial charge in [-0.1, -0.05) is 0 Å². The highest BCUT2D eigenvalue weighted by atomic mass is 19.4. The van der Waals surface area contributed by atoms with Crippen LogP contribution in [0.2, 0.25) is 0 Å². The van der Waals surface area contributed by atoms with Gasteiger partial charge in [-0.3, -0.25) is 9.59 Å². The van der Waals surface area contributed by atoms with Gasteiger partial charge in [-0.05, 0) is 18.9 Å². The van der Waals surface area contributed by atoms with Crippen molar-refractivity contribution in [1.29, 1.82) is 0 Å². The molecule has 2 rings (SSSR count). The van der Waals surface area contributed by atoms with Crippen molar-refractivity contribution in [2.45, 2.75) is 19.0 Å². The van der Waals surface area contributed by atoms with Gasteiger partial charge < -0.3 is 19.9 Å². The number of halogens is 3. The molecule has 7 nitrogen and oxygen atoms in total. The van der Waals surface area contributed by atoms with Gasteiger partial charge in [-0.25, -0.2) is 4.98 Å². The molecule has 0 bridgehead atoms. The van der Waals surface area contributed by atoms with Gasteiger partial charge in [0.15, 0.2) is 6.61 Å². The molecule has 25 heavy (non-hydrogen) atoms. The normalized spacial score (nSPS) is 16.9. The van der Waals surface area contributed by atoms with Crippen LogP contribution in [0.15, 0.2) is 18.3 Å². The SMILES string of the molecule is O=C(NCC1(C(=O)O)CCOCC1)c1ccc(OCC(F)(F)F)nc1. The molecule has 10 heteroatoms. The van der Waals surface area contributed by atoms with Crippen LogP contribution in [-0.2, 0) is 9.53 Å². The molecule has 1 fully saturated rings. The molecule has 0 aliphatic carbocycles. The molecule has 0 unspecified atom stereocenters. The second kappa shape index (κ2) is 7.68. The molecule has 1 saturated heterocycles. The fourth-order valence-corrected chi connectivity index (χ4v) is 2.34. The van der Waals surface area contributed by atoms with Crippen LogP contribution < -0.4 is 10.1 Å². The molecule has 1 aliphatic rings. The third kappa shape index (κ3) is 5.31. The van der Waals surface area contributed by atoms with Crippen LogP contribution in [0.25, 0.3) is 0 Å². The standard InChI is InChI=1S/C15H17F3N2O5/c16-15(17,18)9-25-11-2-1-10(7-19-11)12(21)20-8-14(13(22)23)3-5-24-6-4-14/h1-2,7H,3-6,8-9H2,(H,20,21)(H,22,23). The Kier molecular flexibility index (Phi) is 5.83. The van der Waals surface area contributed by atoms with E-state index in [-0.39, 0.29) is 30.8 Å². The van der Waals surface area contributed by atoms with Gasteiger partial charge in [0.05, 0.1) is 11.0 Å². The Morgan fingerprint density at radius 1 is 1.32 bits per heavy atom. The van der Waals surface area contributed by atoms with Gasteiger partial charge in [-0.15, -0.1) is 0 Å². The maximum absolute atomic E-state index is 12.1. The minimum absolute atomic E-state index is 0.0726. The number of aliphatic carboxylic acids is 1. The number of carbonyl (C=O) groups is 2. The molecule has 138 valence electrons. The smallest absolute Gasteiger partial charge is 0.422 e. The van der Waals surface area contributed by atoms with Crippen molar-refractivity contribution in [3.05, 3.63) is 23.9 Å². The Balaban J connectivity index is 1.93. The monoisotopic (exact) mass is 362 g/mol. The van der Waals surface area contributed by atoms with Gasteiger partial charge in [0.1, 0.15) is 0 Å². The number of carbonyl (C=O) groups excluding carboxylic acids is 1. The van der Waals surface area contributed by atoms with E-state index in [1.807, 2.05) is 0 Å². The average Bonchev–Trinajstić information content (AvgIpc) is 2.58. The Morgan fingerprint density at radius 3 is 2.52 bits per heavy atom. The van der Waals surface area contributed by atoms with Crippen LogP contribution in [0, 0.1) is 5.41 Å². The topological polar surface area (TPSA) is 97.8 Å². The van der Waals surface area contributed by atoms with E-state index in [9.17, 15) is 27.9 Å². The third-order valence-corrected chi connectivity index (χ3v) is 3.87. The lowest BCUT2D eigenvalue weighted by Gasteiger charge is -2.33. The highest BCUT2D eigenvalue weighted by Crippen LogP contribution is 2.30. The second-order valence-electron chi connectivity index (χ2n) is 5.67. The fraction of sp³-hybridized carbons (Fsp3) is 0.533. The molecule has 1 aliphatic heterocycles. The first-order chi connectivity index (χ1) is 11.7. The van der Waals surface area contributed by atoms with Gasteiger partial charge in [-0.2, -0.15) is 13.2 Å². The third-order valence-electron chi connectivity index (χ3n) is 3.87. The summed E-state index contributed by atoms with van der Waals surface area (Å²) in [5, 5.41) is 11.9. The molecule has 2 N–H and O–H groups in total.